The first kappa shape index (κ1) is 21.0. The number of Topliss-reactive ketones (excluding diaryl/α,β-unsaturated/α-hetero) is 2. The van der Waals surface area contributed by atoms with Gasteiger partial charge in [-0.1, -0.05) is 13.0 Å². The van der Waals surface area contributed by atoms with E-state index in [2.05, 4.69) is 0 Å². The molecule has 2 saturated carbocycles. The summed E-state index contributed by atoms with van der Waals surface area (Å²) in [5, 5.41) is 55.7. The molecule has 0 amide bonds. The molecule has 4 rings (SSSR count). The van der Waals surface area contributed by atoms with Gasteiger partial charge in [0.1, 0.15) is 17.3 Å². The van der Waals surface area contributed by atoms with Gasteiger partial charge in [0.15, 0.2) is 11.6 Å². The van der Waals surface area contributed by atoms with Gasteiger partial charge in [0.05, 0.1) is 24.0 Å². The molecule has 9 heteroatoms. The molecule has 0 spiro atoms. The van der Waals surface area contributed by atoms with Crippen LogP contribution in [0.4, 0.5) is 0 Å². The first-order valence-corrected chi connectivity index (χ1v) is 9.86. The maximum Gasteiger partial charge on any atom is 0.210 e. The molecule has 1 aliphatic heterocycles. The number of rotatable bonds is 1. The SMILES string of the molecule is CC1=C[C@H]2[C@]3(O)[C@@H]4[C@@H](C(=O)[C@H](O)[C@@H]3C)C(C)(C)OO[C@@]4(O)[C@@H](CO)C[C@]2(O)C1=O. The van der Waals surface area contributed by atoms with Gasteiger partial charge in [0.25, 0.3) is 0 Å². The third kappa shape index (κ3) is 2.29. The second-order valence-corrected chi connectivity index (χ2v) is 9.66. The lowest BCUT2D eigenvalue weighted by Crippen LogP contribution is -2.76. The Morgan fingerprint density at radius 1 is 1.17 bits per heavy atom. The molecule has 162 valence electrons. The smallest absolute Gasteiger partial charge is 0.210 e. The van der Waals surface area contributed by atoms with Crippen LogP contribution in [0, 0.1) is 29.6 Å². The van der Waals surface area contributed by atoms with Crippen LogP contribution in [0.2, 0.25) is 0 Å². The van der Waals surface area contributed by atoms with Crippen LogP contribution < -0.4 is 0 Å². The highest BCUT2D eigenvalue weighted by Gasteiger charge is 2.78. The van der Waals surface area contributed by atoms with Crippen LogP contribution in [0.1, 0.15) is 34.1 Å². The van der Waals surface area contributed by atoms with Gasteiger partial charge >= 0.3 is 0 Å². The van der Waals surface area contributed by atoms with E-state index in [4.69, 9.17) is 9.78 Å². The van der Waals surface area contributed by atoms with E-state index in [1.54, 1.807) is 0 Å². The number of hydrogen-bond acceptors (Lipinski definition) is 9. The van der Waals surface area contributed by atoms with Crippen molar-refractivity contribution in [3.8, 4) is 0 Å². The average Bonchev–Trinajstić information content (AvgIpc) is 2.85. The quantitative estimate of drug-likeness (QED) is 0.336. The average molecular weight is 412 g/mol. The summed E-state index contributed by atoms with van der Waals surface area (Å²) < 4.78 is 0. The minimum atomic E-state index is -2.37. The fourth-order valence-corrected chi connectivity index (χ4v) is 6.19. The molecule has 0 unspecified atom stereocenters. The Bertz CT molecular complexity index is 806. The van der Waals surface area contributed by atoms with Crippen molar-refractivity contribution in [1.82, 2.24) is 0 Å². The highest BCUT2D eigenvalue weighted by atomic mass is 17.2. The van der Waals surface area contributed by atoms with E-state index in [9.17, 15) is 35.1 Å². The molecular weight excluding hydrogens is 384 g/mol. The zero-order chi connectivity index (χ0) is 21.7. The number of fused-ring (bicyclic) bond motifs is 2. The Balaban J connectivity index is 2.05. The Morgan fingerprint density at radius 2 is 1.79 bits per heavy atom. The van der Waals surface area contributed by atoms with Crippen LogP contribution in [0.15, 0.2) is 11.6 Å². The van der Waals surface area contributed by atoms with Gasteiger partial charge in [-0.25, -0.2) is 4.89 Å². The van der Waals surface area contributed by atoms with E-state index >= 15 is 0 Å². The topological polar surface area (TPSA) is 154 Å². The van der Waals surface area contributed by atoms with E-state index in [-0.39, 0.29) is 5.57 Å². The molecule has 0 aromatic heterocycles. The van der Waals surface area contributed by atoms with E-state index in [1.807, 2.05) is 0 Å². The van der Waals surface area contributed by atoms with Gasteiger partial charge < -0.3 is 25.5 Å². The normalized spacial score (nSPS) is 53.8. The Labute approximate surface area is 167 Å². The van der Waals surface area contributed by atoms with Gasteiger partial charge in [-0.3, -0.25) is 9.59 Å². The number of carbonyl (C=O) groups excluding carboxylic acids is 2. The number of aliphatic hydroxyl groups is 5. The maximum absolute atomic E-state index is 13.1. The molecule has 0 radical (unpaired) electrons. The van der Waals surface area contributed by atoms with Gasteiger partial charge in [-0.05, 0) is 32.8 Å². The van der Waals surface area contributed by atoms with Gasteiger partial charge in [0, 0.05) is 17.8 Å². The lowest BCUT2D eigenvalue weighted by Gasteiger charge is -2.61. The zero-order valence-corrected chi connectivity index (χ0v) is 16.8. The van der Waals surface area contributed by atoms with Crippen molar-refractivity contribution in [2.24, 2.45) is 29.6 Å². The predicted octanol–water partition coefficient (Wildman–Crippen LogP) is -1.15. The number of hydrogen-bond donors (Lipinski definition) is 5. The molecule has 9 nitrogen and oxygen atoms in total. The molecule has 3 aliphatic carbocycles. The maximum atomic E-state index is 13.1. The minimum Gasteiger partial charge on any atom is -0.396 e. The molecule has 3 fully saturated rings. The molecule has 9 atom stereocenters. The van der Waals surface area contributed by atoms with Crippen molar-refractivity contribution in [2.75, 3.05) is 6.61 Å². The number of aliphatic hydroxyl groups excluding tert-OH is 2. The standard InChI is InChI=1S/C20H28O9/c1-8-5-11-18(25,16(8)24)6-10(7-21)20(27)15-12(17(3,4)28-29-20)14(23)13(22)9(2)19(11,15)26/h5,9-13,15,21-22,25-27H,6-7H2,1-4H3/t9-,10+,11+,12+,13+,15-,18+,19-,20-/m0/s1. The molecule has 5 N–H and O–H groups in total. The van der Waals surface area contributed by atoms with Crippen molar-refractivity contribution in [2.45, 2.75) is 62.8 Å². The summed E-state index contributed by atoms with van der Waals surface area (Å²) in [7, 11) is 0. The number of ketones is 2. The Morgan fingerprint density at radius 3 is 2.38 bits per heavy atom. The van der Waals surface area contributed by atoms with E-state index in [0.717, 1.165) is 0 Å². The molecule has 0 aromatic rings. The van der Waals surface area contributed by atoms with Crippen molar-refractivity contribution < 1.29 is 44.9 Å². The number of carbonyl (C=O) groups is 2. The van der Waals surface area contributed by atoms with Crippen LogP contribution in [0.25, 0.3) is 0 Å². The van der Waals surface area contributed by atoms with Crippen molar-refractivity contribution in [3.05, 3.63) is 11.6 Å². The third-order valence-corrected chi connectivity index (χ3v) is 7.76. The van der Waals surface area contributed by atoms with Crippen LogP contribution in [0.3, 0.4) is 0 Å². The zero-order valence-electron chi connectivity index (χ0n) is 16.8. The first-order valence-electron chi connectivity index (χ1n) is 9.86. The molecule has 0 aromatic carbocycles. The van der Waals surface area contributed by atoms with Crippen molar-refractivity contribution in [3.63, 3.8) is 0 Å². The predicted molar refractivity (Wildman–Crippen MR) is 95.7 cm³/mol. The van der Waals surface area contributed by atoms with Crippen LogP contribution in [-0.4, -0.2) is 72.4 Å². The van der Waals surface area contributed by atoms with Crippen LogP contribution in [-0.2, 0) is 19.4 Å². The Kier molecular flexibility index (Phi) is 4.31. The summed E-state index contributed by atoms with van der Waals surface area (Å²) >= 11 is 0. The van der Waals surface area contributed by atoms with Gasteiger partial charge in [-0.15, -0.1) is 0 Å². The first-order chi connectivity index (χ1) is 13.3. The van der Waals surface area contributed by atoms with Gasteiger partial charge in [-0.2, -0.15) is 4.89 Å². The summed E-state index contributed by atoms with van der Waals surface area (Å²) in [6.45, 7) is 5.32. The second kappa shape index (κ2) is 5.94. The highest BCUT2D eigenvalue weighted by molar-refractivity contribution is 6.04. The fourth-order valence-electron chi connectivity index (χ4n) is 6.19. The summed E-state index contributed by atoms with van der Waals surface area (Å²) in [6, 6.07) is 0. The van der Waals surface area contributed by atoms with E-state index in [0.29, 0.717) is 0 Å². The molecule has 1 saturated heterocycles. The fraction of sp³-hybridized carbons (Fsp3) is 0.800. The lowest BCUT2D eigenvalue weighted by atomic mass is 9.51. The second-order valence-electron chi connectivity index (χ2n) is 9.66. The molecule has 29 heavy (non-hydrogen) atoms. The summed E-state index contributed by atoms with van der Waals surface area (Å²) in [4.78, 5) is 36.6. The minimum absolute atomic E-state index is 0.232. The highest BCUT2D eigenvalue weighted by Crippen LogP contribution is 2.63. The van der Waals surface area contributed by atoms with Crippen molar-refractivity contribution >= 4 is 11.6 Å². The molecule has 4 aliphatic rings. The van der Waals surface area contributed by atoms with Crippen molar-refractivity contribution in [1.29, 1.82) is 0 Å². The monoisotopic (exact) mass is 412 g/mol. The van der Waals surface area contributed by atoms with Crippen LogP contribution in [0.5, 0.6) is 0 Å². The summed E-state index contributed by atoms with van der Waals surface area (Å²) in [5.41, 5.74) is -5.33. The summed E-state index contributed by atoms with van der Waals surface area (Å²) in [5.74, 6) is -9.79. The molecular formula is C20H28O9. The lowest BCUT2D eigenvalue weighted by molar-refractivity contribution is -0.529. The Hall–Kier alpha value is -1.20. The van der Waals surface area contributed by atoms with Gasteiger partial charge in [0.2, 0.25) is 5.79 Å². The molecule has 0 bridgehead atoms. The van der Waals surface area contributed by atoms with Crippen LogP contribution >= 0.6 is 0 Å². The third-order valence-electron chi connectivity index (χ3n) is 7.76. The largest absolute Gasteiger partial charge is 0.396 e. The van der Waals surface area contributed by atoms with E-state index < -0.39 is 82.9 Å². The summed E-state index contributed by atoms with van der Waals surface area (Å²) in [6.07, 6.45) is -0.587. The molecule has 1 heterocycles. The van der Waals surface area contributed by atoms with E-state index in [1.165, 1.54) is 33.8 Å².